The monoisotopic (exact) mass is 287 g/mol. The standard InChI is InChI=1S/C13H13N5O3/c19-12(9-5-1-2-6-10(9)18(20)21)14-13-16-15-11-7-3-4-8-17(11)13/h1-2,5-6H,3-4,7-8H2,(H,14,16,19). The summed E-state index contributed by atoms with van der Waals surface area (Å²) in [5.74, 6) is 0.620. The van der Waals surface area contributed by atoms with E-state index >= 15 is 0 Å². The van der Waals surface area contributed by atoms with Gasteiger partial charge in [-0.3, -0.25) is 24.8 Å². The highest BCUT2D eigenvalue weighted by Gasteiger charge is 2.22. The molecule has 1 aromatic carbocycles. The Hall–Kier alpha value is -2.77. The Bertz CT molecular complexity index is 710. The first kappa shape index (κ1) is 13.2. The molecule has 0 radical (unpaired) electrons. The molecule has 1 N–H and O–H groups in total. The van der Waals surface area contributed by atoms with Gasteiger partial charge < -0.3 is 0 Å². The molecule has 1 amide bonds. The number of nitro groups is 1. The van der Waals surface area contributed by atoms with Crippen LogP contribution in [0.2, 0.25) is 0 Å². The van der Waals surface area contributed by atoms with Crippen LogP contribution in [0.25, 0.3) is 0 Å². The summed E-state index contributed by atoms with van der Waals surface area (Å²) in [6.45, 7) is 0.745. The molecule has 21 heavy (non-hydrogen) atoms. The molecule has 0 fully saturated rings. The maximum Gasteiger partial charge on any atom is 0.282 e. The topological polar surface area (TPSA) is 103 Å². The largest absolute Gasteiger partial charge is 0.297 e. The van der Waals surface area contributed by atoms with Gasteiger partial charge >= 0.3 is 0 Å². The number of benzene rings is 1. The van der Waals surface area contributed by atoms with Crippen molar-refractivity contribution in [3.8, 4) is 0 Å². The molecule has 0 saturated carbocycles. The van der Waals surface area contributed by atoms with E-state index in [2.05, 4.69) is 15.5 Å². The fourth-order valence-corrected chi connectivity index (χ4v) is 2.39. The Labute approximate surface area is 119 Å². The van der Waals surface area contributed by atoms with Crippen molar-refractivity contribution in [1.82, 2.24) is 14.8 Å². The fraction of sp³-hybridized carbons (Fsp3) is 0.308. The molecule has 0 spiro atoms. The molecule has 0 aliphatic carbocycles. The van der Waals surface area contributed by atoms with Crippen molar-refractivity contribution in [2.75, 3.05) is 5.32 Å². The van der Waals surface area contributed by atoms with E-state index < -0.39 is 10.8 Å². The predicted molar refractivity (Wildman–Crippen MR) is 74.0 cm³/mol. The fourth-order valence-electron chi connectivity index (χ4n) is 2.39. The molecule has 2 aromatic rings. The Morgan fingerprint density at radius 2 is 2.10 bits per heavy atom. The summed E-state index contributed by atoms with van der Waals surface area (Å²) < 4.78 is 1.84. The van der Waals surface area contributed by atoms with Crippen LogP contribution in [0.3, 0.4) is 0 Å². The number of para-hydroxylation sites is 1. The van der Waals surface area contributed by atoms with E-state index in [0.29, 0.717) is 5.95 Å². The average Bonchev–Trinajstić information content (AvgIpc) is 2.90. The number of nitro benzene ring substituents is 1. The molecule has 1 aromatic heterocycles. The smallest absolute Gasteiger partial charge is 0.282 e. The number of nitrogens with zero attached hydrogens (tertiary/aromatic N) is 4. The lowest BCUT2D eigenvalue weighted by atomic mass is 10.1. The van der Waals surface area contributed by atoms with Crippen LogP contribution in [-0.4, -0.2) is 25.6 Å². The molecule has 0 unspecified atom stereocenters. The highest BCUT2D eigenvalue weighted by molar-refractivity contribution is 6.06. The van der Waals surface area contributed by atoms with Crippen LogP contribution < -0.4 is 5.32 Å². The zero-order valence-corrected chi connectivity index (χ0v) is 11.2. The number of aryl methyl sites for hydroxylation is 1. The summed E-state index contributed by atoms with van der Waals surface area (Å²) in [5, 5.41) is 21.5. The van der Waals surface area contributed by atoms with Crippen LogP contribution in [0.5, 0.6) is 0 Å². The van der Waals surface area contributed by atoms with Crippen LogP contribution in [0.15, 0.2) is 24.3 Å². The minimum atomic E-state index is -0.575. The first-order chi connectivity index (χ1) is 10.2. The number of carbonyl (C=O) groups is 1. The summed E-state index contributed by atoms with van der Waals surface area (Å²) in [6.07, 6.45) is 2.88. The average molecular weight is 287 g/mol. The SMILES string of the molecule is O=C(Nc1nnc2n1CCCC2)c1ccccc1[N+](=O)[O-]. The van der Waals surface area contributed by atoms with Crippen molar-refractivity contribution < 1.29 is 9.72 Å². The number of fused-ring (bicyclic) bond motifs is 1. The van der Waals surface area contributed by atoms with Crippen LogP contribution in [0, 0.1) is 10.1 Å². The number of aromatic nitrogens is 3. The van der Waals surface area contributed by atoms with Gasteiger partial charge in [0.25, 0.3) is 11.6 Å². The Kier molecular flexibility index (Phi) is 3.35. The molecule has 108 valence electrons. The summed E-state index contributed by atoms with van der Waals surface area (Å²) in [5.41, 5.74) is -0.218. The number of hydrogen-bond acceptors (Lipinski definition) is 5. The zero-order chi connectivity index (χ0) is 14.8. The van der Waals surface area contributed by atoms with Gasteiger partial charge in [-0.25, -0.2) is 0 Å². The van der Waals surface area contributed by atoms with E-state index in [1.54, 1.807) is 6.07 Å². The summed E-state index contributed by atoms with van der Waals surface area (Å²) in [7, 11) is 0. The summed E-state index contributed by atoms with van der Waals surface area (Å²) in [4.78, 5) is 22.6. The second kappa shape index (κ2) is 5.31. The molecule has 0 bridgehead atoms. The molecule has 1 aliphatic heterocycles. The molecule has 8 heteroatoms. The molecule has 0 atom stereocenters. The summed E-state index contributed by atoms with van der Waals surface area (Å²) in [6, 6.07) is 5.82. The van der Waals surface area contributed by atoms with Crippen molar-refractivity contribution in [2.24, 2.45) is 0 Å². The third kappa shape index (κ3) is 2.47. The second-order valence-corrected chi connectivity index (χ2v) is 4.78. The van der Waals surface area contributed by atoms with Crippen molar-refractivity contribution >= 4 is 17.5 Å². The number of anilines is 1. The van der Waals surface area contributed by atoms with Gasteiger partial charge in [-0.2, -0.15) is 0 Å². The highest BCUT2D eigenvalue weighted by Crippen LogP contribution is 2.21. The van der Waals surface area contributed by atoms with Crippen molar-refractivity contribution in [3.05, 3.63) is 45.8 Å². The maximum absolute atomic E-state index is 12.2. The van der Waals surface area contributed by atoms with E-state index in [1.165, 1.54) is 18.2 Å². The van der Waals surface area contributed by atoms with Crippen molar-refractivity contribution in [1.29, 1.82) is 0 Å². The quantitative estimate of drug-likeness (QED) is 0.684. The number of hydrogen-bond donors (Lipinski definition) is 1. The lowest BCUT2D eigenvalue weighted by Gasteiger charge is -2.14. The van der Waals surface area contributed by atoms with E-state index in [9.17, 15) is 14.9 Å². The van der Waals surface area contributed by atoms with E-state index in [4.69, 9.17) is 0 Å². The van der Waals surface area contributed by atoms with Gasteiger partial charge in [0.15, 0.2) is 0 Å². The van der Waals surface area contributed by atoms with Crippen LogP contribution in [0.1, 0.15) is 29.0 Å². The van der Waals surface area contributed by atoms with Crippen LogP contribution >= 0.6 is 0 Å². The Balaban J connectivity index is 1.87. The van der Waals surface area contributed by atoms with Crippen LogP contribution in [-0.2, 0) is 13.0 Å². The lowest BCUT2D eigenvalue weighted by molar-refractivity contribution is -0.385. The first-order valence-electron chi connectivity index (χ1n) is 6.63. The molecular formula is C13H13N5O3. The van der Waals surface area contributed by atoms with Crippen molar-refractivity contribution in [3.63, 3.8) is 0 Å². The predicted octanol–water partition coefficient (Wildman–Crippen LogP) is 1.77. The molecule has 1 aliphatic rings. The third-order valence-electron chi connectivity index (χ3n) is 3.43. The van der Waals surface area contributed by atoms with E-state index in [0.717, 1.165) is 31.6 Å². The zero-order valence-electron chi connectivity index (χ0n) is 11.2. The normalized spacial score (nSPS) is 13.5. The molecule has 3 rings (SSSR count). The summed E-state index contributed by atoms with van der Waals surface area (Å²) >= 11 is 0. The highest BCUT2D eigenvalue weighted by atomic mass is 16.6. The van der Waals surface area contributed by atoms with Gasteiger partial charge in [0.05, 0.1) is 4.92 Å². The van der Waals surface area contributed by atoms with E-state index in [1.807, 2.05) is 4.57 Å². The molecule has 0 saturated heterocycles. The second-order valence-electron chi connectivity index (χ2n) is 4.78. The van der Waals surface area contributed by atoms with Crippen molar-refractivity contribution in [2.45, 2.75) is 25.8 Å². The van der Waals surface area contributed by atoms with Gasteiger partial charge in [-0.1, -0.05) is 12.1 Å². The number of rotatable bonds is 3. The van der Waals surface area contributed by atoms with E-state index in [-0.39, 0.29) is 11.3 Å². The van der Waals surface area contributed by atoms with Gasteiger partial charge in [-0.05, 0) is 18.9 Å². The van der Waals surface area contributed by atoms with Gasteiger partial charge in [0.2, 0.25) is 5.95 Å². The maximum atomic E-state index is 12.2. The first-order valence-corrected chi connectivity index (χ1v) is 6.63. The Morgan fingerprint density at radius 1 is 1.29 bits per heavy atom. The molecular weight excluding hydrogens is 274 g/mol. The third-order valence-corrected chi connectivity index (χ3v) is 3.43. The number of nitrogens with one attached hydrogen (secondary N) is 1. The Morgan fingerprint density at radius 3 is 2.90 bits per heavy atom. The van der Waals surface area contributed by atoms with Gasteiger partial charge in [-0.15, -0.1) is 10.2 Å². The van der Waals surface area contributed by atoms with Gasteiger partial charge in [0, 0.05) is 19.0 Å². The molecule has 2 heterocycles. The van der Waals surface area contributed by atoms with Crippen LogP contribution in [0.4, 0.5) is 11.6 Å². The minimum absolute atomic E-state index is 0.00987. The number of amides is 1. The lowest BCUT2D eigenvalue weighted by Crippen LogP contribution is -2.19. The van der Waals surface area contributed by atoms with Gasteiger partial charge in [0.1, 0.15) is 11.4 Å². The number of carbonyl (C=O) groups excluding carboxylic acids is 1. The molecule has 8 nitrogen and oxygen atoms in total. The minimum Gasteiger partial charge on any atom is -0.297 e.